The molecule has 4 rings (SSSR count). The van der Waals surface area contributed by atoms with Gasteiger partial charge in [-0.1, -0.05) is 30.3 Å². The third-order valence-electron chi connectivity index (χ3n) is 6.26. The van der Waals surface area contributed by atoms with E-state index in [0.717, 1.165) is 42.8 Å². The van der Waals surface area contributed by atoms with E-state index < -0.39 is 10.0 Å². The maximum Gasteiger partial charge on any atom is 0.228 e. The number of rotatable bonds is 6. The SMILES string of the molecule is Cc1nc([C@@H]2CCCN(S(C)(=O)=O)C2)nc2c1CCC(=O)N2CCCc1ccccc1. The quantitative estimate of drug-likeness (QED) is 0.687. The fourth-order valence-corrected chi connectivity index (χ4v) is 5.47. The third kappa shape index (κ3) is 4.96. The number of benzene rings is 1. The molecule has 1 fully saturated rings. The zero-order valence-electron chi connectivity index (χ0n) is 18.2. The first-order valence-corrected chi connectivity index (χ1v) is 12.8. The molecule has 8 heteroatoms. The van der Waals surface area contributed by atoms with E-state index in [0.29, 0.717) is 38.3 Å². The Balaban J connectivity index is 1.56. The molecule has 0 N–H and O–H groups in total. The number of carbonyl (C=O) groups excluding carboxylic acids is 1. The lowest BCUT2D eigenvalue weighted by Crippen LogP contribution is -2.40. The van der Waals surface area contributed by atoms with Crippen molar-refractivity contribution >= 4 is 21.7 Å². The molecule has 0 spiro atoms. The summed E-state index contributed by atoms with van der Waals surface area (Å²) in [6.07, 6.45) is 5.80. The minimum atomic E-state index is -3.24. The molecule has 166 valence electrons. The normalized spacial score (nSPS) is 20.0. The maximum atomic E-state index is 12.8. The van der Waals surface area contributed by atoms with Gasteiger partial charge in [-0.2, -0.15) is 0 Å². The standard InChI is InChI=1S/C23H30N4O3S/c1-17-20-12-13-21(28)27(15-6-10-18-8-4-3-5-9-18)23(20)25-22(24-17)19-11-7-14-26(16-19)31(2,29)30/h3-5,8-9,19H,6-7,10-16H2,1-2H3/t19-/m1/s1. The molecule has 7 nitrogen and oxygen atoms in total. The van der Waals surface area contributed by atoms with Gasteiger partial charge in [-0.25, -0.2) is 22.7 Å². The maximum absolute atomic E-state index is 12.8. The van der Waals surface area contributed by atoms with Crippen LogP contribution in [-0.4, -0.2) is 54.5 Å². The molecule has 2 aliphatic heterocycles. The van der Waals surface area contributed by atoms with Crippen molar-refractivity contribution in [3.05, 3.63) is 53.0 Å². The van der Waals surface area contributed by atoms with Crippen LogP contribution in [0, 0.1) is 6.92 Å². The molecule has 31 heavy (non-hydrogen) atoms. The lowest BCUT2D eigenvalue weighted by molar-refractivity contribution is -0.119. The predicted molar refractivity (Wildman–Crippen MR) is 121 cm³/mol. The number of carbonyl (C=O) groups is 1. The van der Waals surface area contributed by atoms with Crippen LogP contribution in [0.1, 0.15) is 54.2 Å². The van der Waals surface area contributed by atoms with E-state index >= 15 is 0 Å². The van der Waals surface area contributed by atoms with Crippen LogP contribution in [0.25, 0.3) is 0 Å². The number of aryl methyl sites for hydroxylation is 2. The van der Waals surface area contributed by atoms with Gasteiger partial charge >= 0.3 is 0 Å². The minimum Gasteiger partial charge on any atom is -0.296 e. The summed E-state index contributed by atoms with van der Waals surface area (Å²) in [7, 11) is -3.24. The number of hydrogen-bond acceptors (Lipinski definition) is 5. The van der Waals surface area contributed by atoms with Gasteiger partial charge in [0.15, 0.2) is 0 Å². The lowest BCUT2D eigenvalue weighted by atomic mass is 9.97. The van der Waals surface area contributed by atoms with E-state index in [1.165, 1.54) is 16.1 Å². The number of amides is 1. The van der Waals surface area contributed by atoms with Crippen LogP contribution in [0.2, 0.25) is 0 Å². The molecule has 1 saturated heterocycles. The molecular weight excluding hydrogens is 412 g/mol. The molecule has 0 unspecified atom stereocenters. The average molecular weight is 443 g/mol. The van der Waals surface area contributed by atoms with E-state index in [4.69, 9.17) is 9.97 Å². The molecule has 0 radical (unpaired) electrons. The highest BCUT2D eigenvalue weighted by molar-refractivity contribution is 7.88. The smallest absolute Gasteiger partial charge is 0.228 e. The Morgan fingerprint density at radius 2 is 1.90 bits per heavy atom. The molecule has 0 saturated carbocycles. The van der Waals surface area contributed by atoms with Gasteiger partial charge < -0.3 is 0 Å². The first-order chi connectivity index (χ1) is 14.8. The van der Waals surface area contributed by atoms with Crippen molar-refractivity contribution in [3.8, 4) is 0 Å². The lowest BCUT2D eigenvalue weighted by Gasteiger charge is -2.33. The highest BCUT2D eigenvalue weighted by atomic mass is 32.2. The molecule has 1 aromatic carbocycles. The Kier molecular flexibility index (Phi) is 6.39. The number of nitrogens with zero attached hydrogens (tertiary/aromatic N) is 4. The van der Waals surface area contributed by atoms with E-state index in [-0.39, 0.29) is 11.8 Å². The zero-order valence-corrected chi connectivity index (χ0v) is 19.1. The van der Waals surface area contributed by atoms with Gasteiger partial charge in [-0.15, -0.1) is 0 Å². The summed E-state index contributed by atoms with van der Waals surface area (Å²) in [6, 6.07) is 10.3. The Morgan fingerprint density at radius 1 is 1.13 bits per heavy atom. The van der Waals surface area contributed by atoms with Crippen molar-refractivity contribution in [1.29, 1.82) is 0 Å². The fraction of sp³-hybridized carbons (Fsp3) is 0.522. The molecule has 0 aliphatic carbocycles. The second-order valence-corrected chi connectivity index (χ2v) is 10.5. The van der Waals surface area contributed by atoms with Crippen molar-refractivity contribution in [2.45, 2.75) is 51.4 Å². The van der Waals surface area contributed by atoms with E-state index in [1.54, 1.807) is 0 Å². The van der Waals surface area contributed by atoms with Crippen molar-refractivity contribution in [1.82, 2.24) is 14.3 Å². The van der Waals surface area contributed by atoms with Crippen LogP contribution in [0.15, 0.2) is 30.3 Å². The van der Waals surface area contributed by atoms with Crippen LogP contribution < -0.4 is 4.90 Å². The zero-order chi connectivity index (χ0) is 22.0. The Hall–Kier alpha value is -2.32. The van der Waals surface area contributed by atoms with E-state index in [1.807, 2.05) is 30.0 Å². The summed E-state index contributed by atoms with van der Waals surface area (Å²) in [6.45, 7) is 3.54. The molecule has 1 amide bonds. The molecule has 3 heterocycles. The summed E-state index contributed by atoms with van der Waals surface area (Å²) >= 11 is 0. The van der Waals surface area contributed by atoms with Gasteiger partial charge in [-0.05, 0) is 44.6 Å². The van der Waals surface area contributed by atoms with Gasteiger partial charge in [-0.3, -0.25) is 9.69 Å². The number of sulfonamides is 1. The number of anilines is 1. The predicted octanol–water partition coefficient (Wildman–Crippen LogP) is 2.84. The molecule has 1 atom stereocenters. The van der Waals surface area contributed by atoms with Crippen molar-refractivity contribution in [2.75, 3.05) is 30.8 Å². The van der Waals surface area contributed by atoms with Crippen LogP contribution in [0.4, 0.5) is 5.82 Å². The monoisotopic (exact) mass is 442 g/mol. The fourth-order valence-electron chi connectivity index (χ4n) is 4.56. The third-order valence-corrected chi connectivity index (χ3v) is 7.53. The van der Waals surface area contributed by atoms with Crippen molar-refractivity contribution in [2.24, 2.45) is 0 Å². The summed E-state index contributed by atoms with van der Waals surface area (Å²) < 4.78 is 25.6. The Morgan fingerprint density at radius 3 is 2.65 bits per heavy atom. The highest BCUT2D eigenvalue weighted by Gasteiger charge is 2.32. The summed E-state index contributed by atoms with van der Waals surface area (Å²) in [5, 5.41) is 0. The first-order valence-electron chi connectivity index (χ1n) is 11.0. The van der Waals surface area contributed by atoms with Gasteiger partial charge in [0.2, 0.25) is 15.9 Å². The molecule has 1 aromatic heterocycles. The topological polar surface area (TPSA) is 83.5 Å². The van der Waals surface area contributed by atoms with Gasteiger partial charge in [0.05, 0.1) is 6.26 Å². The van der Waals surface area contributed by atoms with Gasteiger partial charge in [0, 0.05) is 43.2 Å². The number of aromatic nitrogens is 2. The molecular formula is C23H30N4O3S. The van der Waals surface area contributed by atoms with Gasteiger partial charge in [0.1, 0.15) is 11.6 Å². The second kappa shape index (κ2) is 9.04. The van der Waals surface area contributed by atoms with Crippen molar-refractivity contribution in [3.63, 3.8) is 0 Å². The molecule has 0 bridgehead atoms. The van der Waals surface area contributed by atoms with Crippen LogP contribution in [0.5, 0.6) is 0 Å². The van der Waals surface area contributed by atoms with Crippen LogP contribution in [0.3, 0.4) is 0 Å². The summed E-state index contributed by atoms with van der Waals surface area (Å²) in [4.78, 5) is 24.2. The number of piperidine rings is 1. The van der Waals surface area contributed by atoms with Gasteiger partial charge in [0.25, 0.3) is 0 Å². The second-order valence-electron chi connectivity index (χ2n) is 8.56. The summed E-state index contributed by atoms with van der Waals surface area (Å²) in [5.41, 5.74) is 3.20. The van der Waals surface area contributed by atoms with Crippen molar-refractivity contribution < 1.29 is 13.2 Å². The minimum absolute atomic E-state index is 0.0457. The van der Waals surface area contributed by atoms with E-state index in [2.05, 4.69) is 12.1 Å². The van der Waals surface area contributed by atoms with E-state index in [9.17, 15) is 13.2 Å². The Labute approximate surface area is 184 Å². The average Bonchev–Trinajstić information content (AvgIpc) is 2.75. The number of fused-ring (bicyclic) bond motifs is 1. The highest BCUT2D eigenvalue weighted by Crippen LogP contribution is 2.32. The van der Waals surface area contributed by atoms with Crippen LogP contribution >= 0.6 is 0 Å². The molecule has 2 aromatic rings. The Bertz CT molecular complexity index is 1060. The summed E-state index contributed by atoms with van der Waals surface area (Å²) in [5.74, 6) is 1.44. The van der Waals surface area contributed by atoms with Crippen LogP contribution in [-0.2, 0) is 27.7 Å². The largest absolute Gasteiger partial charge is 0.296 e. The molecule has 2 aliphatic rings. The number of hydrogen-bond donors (Lipinski definition) is 0. The first kappa shape index (κ1) is 21.9.